The van der Waals surface area contributed by atoms with Crippen molar-refractivity contribution in [2.45, 2.75) is 26.7 Å². The van der Waals surface area contributed by atoms with Gasteiger partial charge in [-0.05, 0) is 31.3 Å². The van der Waals surface area contributed by atoms with E-state index in [9.17, 15) is 0 Å². The van der Waals surface area contributed by atoms with E-state index < -0.39 is 0 Å². The molecule has 1 rings (SSSR count). The summed E-state index contributed by atoms with van der Waals surface area (Å²) in [5.74, 6) is 1.90. The van der Waals surface area contributed by atoms with Crippen LogP contribution >= 0.6 is 0 Å². The molecule has 0 bridgehead atoms. The number of piperidine rings is 1. The lowest BCUT2D eigenvalue weighted by atomic mass is 9.86. The molecule has 1 aliphatic heterocycles. The summed E-state index contributed by atoms with van der Waals surface area (Å²) < 4.78 is 0. The first-order chi connectivity index (χ1) is 4.34. The van der Waals surface area contributed by atoms with Gasteiger partial charge in [0.1, 0.15) is 0 Å². The van der Waals surface area contributed by atoms with Crippen molar-refractivity contribution in [1.29, 1.82) is 0 Å². The van der Waals surface area contributed by atoms with Gasteiger partial charge in [0.05, 0.1) is 0 Å². The summed E-state index contributed by atoms with van der Waals surface area (Å²) in [6, 6.07) is 0. The van der Waals surface area contributed by atoms with Crippen molar-refractivity contribution in [2.24, 2.45) is 11.8 Å². The van der Waals surface area contributed by atoms with Gasteiger partial charge in [0.2, 0.25) is 0 Å². The van der Waals surface area contributed by atoms with E-state index in [0.29, 0.717) is 0 Å². The highest BCUT2D eigenvalue weighted by atomic mass is 14.9. The van der Waals surface area contributed by atoms with E-state index in [1.54, 1.807) is 0 Å². The molecule has 1 heterocycles. The smallest absolute Gasteiger partial charge is 0.00205 e. The van der Waals surface area contributed by atoms with Crippen molar-refractivity contribution < 1.29 is 0 Å². The number of hydrogen-bond acceptors (Lipinski definition) is 1. The van der Waals surface area contributed by atoms with Crippen molar-refractivity contribution in [3.63, 3.8) is 0 Å². The van der Waals surface area contributed by atoms with E-state index >= 15 is 0 Å². The van der Waals surface area contributed by atoms with E-state index in [-0.39, 0.29) is 0 Å². The molecule has 0 spiro atoms. The standard InChI is InChI=1S/C8H17N/c1-3-8-4-5-9-6-7(8)2/h7-9H,3-6H2,1-2H3. The molecule has 0 aliphatic carbocycles. The molecular weight excluding hydrogens is 110 g/mol. The molecule has 1 heteroatoms. The van der Waals surface area contributed by atoms with Crippen LogP contribution in [0.2, 0.25) is 0 Å². The normalized spacial score (nSPS) is 36.7. The van der Waals surface area contributed by atoms with E-state index in [2.05, 4.69) is 19.2 Å². The number of rotatable bonds is 1. The molecule has 1 N–H and O–H groups in total. The van der Waals surface area contributed by atoms with Crippen molar-refractivity contribution in [1.82, 2.24) is 5.32 Å². The van der Waals surface area contributed by atoms with Crippen LogP contribution in [0.5, 0.6) is 0 Å². The fourth-order valence-corrected chi connectivity index (χ4v) is 1.67. The summed E-state index contributed by atoms with van der Waals surface area (Å²) in [5, 5.41) is 3.40. The second kappa shape index (κ2) is 3.21. The molecule has 0 amide bonds. The van der Waals surface area contributed by atoms with Crippen LogP contribution < -0.4 is 5.32 Å². The Morgan fingerprint density at radius 1 is 1.56 bits per heavy atom. The molecule has 0 aromatic heterocycles. The Kier molecular flexibility index (Phi) is 2.52. The average Bonchev–Trinajstić information content (AvgIpc) is 1.89. The first-order valence-corrected chi connectivity index (χ1v) is 4.05. The third-order valence-corrected chi connectivity index (χ3v) is 2.49. The molecule has 0 aromatic rings. The Labute approximate surface area is 57.8 Å². The summed E-state index contributed by atoms with van der Waals surface area (Å²) in [5.41, 5.74) is 0. The lowest BCUT2D eigenvalue weighted by Gasteiger charge is -2.28. The predicted octanol–water partition coefficient (Wildman–Crippen LogP) is 1.64. The first-order valence-electron chi connectivity index (χ1n) is 4.05. The molecule has 1 saturated heterocycles. The van der Waals surface area contributed by atoms with Gasteiger partial charge >= 0.3 is 0 Å². The molecule has 0 aromatic carbocycles. The molecule has 54 valence electrons. The third kappa shape index (κ3) is 1.68. The number of nitrogens with one attached hydrogen (secondary N) is 1. The van der Waals surface area contributed by atoms with Gasteiger partial charge in [-0.2, -0.15) is 0 Å². The van der Waals surface area contributed by atoms with Crippen molar-refractivity contribution in [3.8, 4) is 0 Å². The van der Waals surface area contributed by atoms with Gasteiger partial charge in [0.25, 0.3) is 0 Å². The highest BCUT2D eigenvalue weighted by molar-refractivity contribution is 4.73. The molecule has 2 unspecified atom stereocenters. The topological polar surface area (TPSA) is 12.0 Å². The fourth-order valence-electron chi connectivity index (χ4n) is 1.67. The zero-order chi connectivity index (χ0) is 6.69. The Hall–Kier alpha value is -0.0400. The van der Waals surface area contributed by atoms with Crippen LogP contribution in [0.4, 0.5) is 0 Å². The van der Waals surface area contributed by atoms with Gasteiger partial charge < -0.3 is 5.32 Å². The van der Waals surface area contributed by atoms with E-state index in [1.165, 1.54) is 25.9 Å². The van der Waals surface area contributed by atoms with E-state index in [4.69, 9.17) is 0 Å². The Balaban J connectivity index is 2.30. The molecule has 1 aliphatic rings. The largest absolute Gasteiger partial charge is 0.316 e. The zero-order valence-electron chi connectivity index (χ0n) is 6.48. The SMILES string of the molecule is CCC1CCNCC1C. The van der Waals surface area contributed by atoms with Crippen LogP contribution in [-0.4, -0.2) is 13.1 Å². The molecule has 0 radical (unpaired) electrons. The lowest BCUT2D eigenvalue weighted by molar-refractivity contribution is 0.266. The number of hydrogen-bond donors (Lipinski definition) is 1. The molecule has 9 heavy (non-hydrogen) atoms. The van der Waals surface area contributed by atoms with Crippen LogP contribution in [-0.2, 0) is 0 Å². The van der Waals surface area contributed by atoms with Crippen molar-refractivity contribution in [2.75, 3.05) is 13.1 Å². The Morgan fingerprint density at radius 2 is 2.33 bits per heavy atom. The average molecular weight is 127 g/mol. The van der Waals surface area contributed by atoms with Crippen LogP contribution in [0, 0.1) is 11.8 Å². The van der Waals surface area contributed by atoms with Gasteiger partial charge in [-0.25, -0.2) is 0 Å². The van der Waals surface area contributed by atoms with Gasteiger partial charge in [-0.1, -0.05) is 20.3 Å². The molecular formula is C8H17N. The minimum absolute atomic E-state index is 0.906. The quantitative estimate of drug-likeness (QED) is 0.564. The summed E-state index contributed by atoms with van der Waals surface area (Å²) in [6.07, 6.45) is 2.75. The van der Waals surface area contributed by atoms with Crippen LogP contribution in [0.1, 0.15) is 26.7 Å². The first kappa shape index (κ1) is 7.07. The minimum Gasteiger partial charge on any atom is -0.316 e. The van der Waals surface area contributed by atoms with Crippen LogP contribution in [0.15, 0.2) is 0 Å². The second-order valence-electron chi connectivity index (χ2n) is 3.14. The van der Waals surface area contributed by atoms with Gasteiger partial charge in [0, 0.05) is 0 Å². The molecule has 1 fully saturated rings. The summed E-state index contributed by atoms with van der Waals surface area (Å²) >= 11 is 0. The van der Waals surface area contributed by atoms with E-state index in [0.717, 1.165) is 11.8 Å². The molecule has 2 atom stereocenters. The van der Waals surface area contributed by atoms with Crippen LogP contribution in [0.25, 0.3) is 0 Å². The van der Waals surface area contributed by atoms with Crippen molar-refractivity contribution in [3.05, 3.63) is 0 Å². The van der Waals surface area contributed by atoms with Crippen molar-refractivity contribution >= 4 is 0 Å². The second-order valence-corrected chi connectivity index (χ2v) is 3.14. The summed E-state index contributed by atoms with van der Waals surface area (Å²) in [4.78, 5) is 0. The highest BCUT2D eigenvalue weighted by Crippen LogP contribution is 2.20. The monoisotopic (exact) mass is 127 g/mol. The predicted molar refractivity (Wildman–Crippen MR) is 40.4 cm³/mol. The lowest BCUT2D eigenvalue weighted by Crippen LogP contribution is -2.34. The Morgan fingerprint density at radius 3 is 2.78 bits per heavy atom. The van der Waals surface area contributed by atoms with E-state index in [1.807, 2.05) is 0 Å². The maximum atomic E-state index is 3.40. The third-order valence-electron chi connectivity index (χ3n) is 2.49. The van der Waals surface area contributed by atoms with Gasteiger partial charge in [0.15, 0.2) is 0 Å². The Bertz CT molecular complexity index is 80.6. The summed E-state index contributed by atoms with van der Waals surface area (Å²) in [6.45, 7) is 7.12. The maximum absolute atomic E-state index is 3.40. The van der Waals surface area contributed by atoms with Gasteiger partial charge in [-0.15, -0.1) is 0 Å². The summed E-state index contributed by atoms with van der Waals surface area (Å²) in [7, 11) is 0. The fraction of sp³-hybridized carbons (Fsp3) is 1.00. The maximum Gasteiger partial charge on any atom is -0.00205 e. The molecule has 0 saturated carbocycles. The molecule has 1 nitrogen and oxygen atoms in total. The van der Waals surface area contributed by atoms with Crippen LogP contribution in [0.3, 0.4) is 0 Å². The van der Waals surface area contributed by atoms with Gasteiger partial charge in [-0.3, -0.25) is 0 Å². The minimum atomic E-state index is 0.906. The zero-order valence-corrected chi connectivity index (χ0v) is 6.48. The highest BCUT2D eigenvalue weighted by Gasteiger charge is 2.18.